The van der Waals surface area contributed by atoms with E-state index in [1.807, 2.05) is 6.92 Å². The van der Waals surface area contributed by atoms with Gasteiger partial charge in [0.15, 0.2) is 0 Å². The zero-order chi connectivity index (χ0) is 14.8. The fourth-order valence-electron chi connectivity index (χ4n) is 2.94. The normalized spacial score (nSPS) is 21.3. The topological polar surface area (TPSA) is 80.0 Å². The Morgan fingerprint density at radius 1 is 1.50 bits per heavy atom. The first-order valence-corrected chi connectivity index (χ1v) is 7.15. The summed E-state index contributed by atoms with van der Waals surface area (Å²) >= 11 is 0. The van der Waals surface area contributed by atoms with Crippen LogP contribution >= 0.6 is 0 Å². The third-order valence-electron chi connectivity index (χ3n) is 3.98. The van der Waals surface area contributed by atoms with Gasteiger partial charge in [-0.25, -0.2) is 0 Å². The fourth-order valence-corrected chi connectivity index (χ4v) is 2.94. The van der Waals surface area contributed by atoms with E-state index in [4.69, 9.17) is 5.84 Å². The Bertz CT molecular complexity index is 499. The molecule has 20 heavy (non-hydrogen) atoms. The first kappa shape index (κ1) is 14.8. The maximum atomic E-state index is 12.4. The first-order chi connectivity index (χ1) is 9.41. The zero-order valence-electron chi connectivity index (χ0n) is 12.5. The smallest absolute Gasteiger partial charge is 0.255 e. The van der Waals surface area contributed by atoms with Crippen LogP contribution in [0.3, 0.4) is 0 Å². The molecule has 1 amide bonds. The van der Waals surface area contributed by atoms with Crippen LogP contribution in [0.25, 0.3) is 0 Å². The maximum absolute atomic E-state index is 12.4. The van der Waals surface area contributed by atoms with E-state index in [1.54, 1.807) is 12.3 Å². The molecule has 0 radical (unpaired) electrons. The summed E-state index contributed by atoms with van der Waals surface area (Å²) in [6.07, 6.45) is 6.02. The van der Waals surface area contributed by atoms with Crippen molar-refractivity contribution in [1.29, 1.82) is 0 Å². The lowest BCUT2D eigenvalue weighted by Gasteiger charge is -2.35. The lowest BCUT2D eigenvalue weighted by molar-refractivity contribution is 0.0903. The van der Waals surface area contributed by atoms with Crippen molar-refractivity contribution >= 4 is 11.6 Å². The molecule has 0 spiro atoms. The number of nitrogens with one attached hydrogen (secondary N) is 2. The summed E-state index contributed by atoms with van der Waals surface area (Å²) in [5, 5.41) is 3.11. The SMILES string of the molecule is Cc1cc(NN)c(C(=O)NC2CCCC(C)(C)C2)cn1. The molecule has 0 aromatic carbocycles. The van der Waals surface area contributed by atoms with Crippen molar-refractivity contribution in [2.24, 2.45) is 11.3 Å². The lowest BCUT2D eigenvalue weighted by Crippen LogP contribution is -2.41. The number of amides is 1. The second kappa shape index (κ2) is 5.79. The van der Waals surface area contributed by atoms with E-state index in [0.29, 0.717) is 16.7 Å². The number of hydrogen-bond acceptors (Lipinski definition) is 4. The van der Waals surface area contributed by atoms with Crippen molar-refractivity contribution in [2.75, 3.05) is 5.43 Å². The second-order valence-electron chi connectivity index (χ2n) is 6.45. The Kier molecular flexibility index (Phi) is 4.28. The summed E-state index contributed by atoms with van der Waals surface area (Å²) in [7, 11) is 0. The summed E-state index contributed by atoms with van der Waals surface area (Å²) in [4.78, 5) is 16.5. The van der Waals surface area contributed by atoms with E-state index in [-0.39, 0.29) is 11.9 Å². The van der Waals surface area contributed by atoms with Crippen molar-refractivity contribution < 1.29 is 4.79 Å². The third-order valence-corrected chi connectivity index (χ3v) is 3.98. The number of nitrogen functional groups attached to an aromatic ring is 1. The van der Waals surface area contributed by atoms with Crippen molar-refractivity contribution in [3.8, 4) is 0 Å². The molecular formula is C15H24N4O. The van der Waals surface area contributed by atoms with Crippen LogP contribution in [0.4, 0.5) is 5.69 Å². The monoisotopic (exact) mass is 276 g/mol. The van der Waals surface area contributed by atoms with Gasteiger partial charge in [-0.1, -0.05) is 20.3 Å². The molecule has 5 nitrogen and oxygen atoms in total. The molecule has 1 aliphatic carbocycles. The fraction of sp³-hybridized carbons (Fsp3) is 0.600. The molecule has 0 aliphatic heterocycles. The van der Waals surface area contributed by atoms with Gasteiger partial charge in [-0.15, -0.1) is 0 Å². The number of aromatic nitrogens is 1. The number of hydrazine groups is 1. The Balaban J connectivity index is 2.08. The Morgan fingerprint density at radius 3 is 2.90 bits per heavy atom. The van der Waals surface area contributed by atoms with Gasteiger partial charge in [0.05, 0.1) is 11.3 Å². The van der Waals surface area contributed by atoms with Crippen LogP contribution in [-0.2, 0) is 0 Å². The minimum atomic E-state index is -0.104. The van der Waals surface area contributed by atoms with Crippen molar-refractivity contribution in [3.05, 3.63) is 23.5 Å². The van der Waals surface area contributed by atoms with Gasteiger partial charge in [-0.05, 0) is 37.7 Å². The van der Waals surface area contributed by atoms with Gasteiger partial charge in [0.25, 0.3) is 5.91 Å². The van der Waals surface area contributed by atoms with Crippen LogP contribution in [0.5, 0.6) is 0 Å². The largest absolute Gasteiger partial charge is 0.349 e. The van der Waals surface area contributed by atoms with Gasteiger partial charge >= 0.3 is 0 Å². The molecule has 5 heteroatoms. The highest BCUT2D eigenvalue weighted by Crippen LogP contribution is 2.35. The molecule has 0 bridgehead atoms. The average Bonchev–Trinajstić information content (AvgIpc) is 2.37. The van der Waals surface area contributed by atoms with Crippen LogP contribution in [-0.4, -0.2) is 16.9 Å². The summed E-state index contributed by atoms with van der Waals surface area (Å²) in [5.41, 5.74) is 4.82. The second-order valence-corrected chi connectivity index (χ2v) is 6.45. The molecule has 1 atom stereocenters. The van der Waals surface area contributed by atoms with Crippen LogP contribution in [0, 0.1) is 12.3 Å². The summed E-state index contributed by atoms with van der Waals surface area (Å²) in [6.45, 7) is 6.38. The molecule has 2 rings (SSSR count). The molecule has 1 unspecified atom stereocenters. The standard InChI is InChI=1S/C15H24N4O/c1-10-7-13(19-16)12(9-17-10)14(20)18-11-5-4-6-15(2,3)8-11/h7,9,11H,4-6,8,16H2,1-3H3,(H,17,19)(H,18,20). The number of carbonyl (C=O) groups is 1. The van der Waals surface area contributed by atoms with Crippen LogP contribution in [0.1, 0.15) is 55.6 Å². The number of rotatable bonds is 3. The summed E-state index contributed by atoms with van der Waals surface area (Å²) in [5.74, 6) is 5.37. The molecule has 1 aromatic rings. The van der Waals surface area contributed by atoms with E-state index in [2.05, 4.69) is 29.6 Å². The number of aryl methyl sites for hydroxylation is 1. The Labute approximate surface area is 120 Å². The van der Waals surface area contributed by atoms with Crippen LogP contribution in [0.15, 0.2) is 12.3 Å². The summed E-state index contributed by atoms with van der Waals surface area (Å²) < 4.78 is 0. The highest BCUT2D eigenvalue weighted by atomic mass is 16.1. The van der Waals surface area contributed by atoms with Crippen LogP contribution in [0.2, 0.25) is 0 Å². The number of nitrogens with zero attached hydrogens (tertiary/aromatic N) is 1. The van der Waals surface area contributed by atoms with E-state index in [9.17, 15) is 4.79 Å². The predicted octanol–water partition coefficient (Wildman–Crippen LogP) is 2.37. The molecule has 1 aromatic heterocycles. The number of pyridine rings is 1. The van der Waals surface area contributed by atoms with Crippen LogP contribution < -0.4 is 16.6 Å². The van der Waals surface area contributed by atoms with Crippen molar-refractivity contribution in [1.82, 2.24) is 10.3 Å². The minimum absolute atomic E-state index is 0.104. The van der Waals surface area contributed by atoms with Gasteiger partial charge < -0.3 is 10.7 Å². The average molecular weight is 276 g/mol. The highest BCUT2D eigenvalue weighted by Gasteiger charge is 2.29. The predicted molar refractivity (Wildman–Crippen MR) is 80.3 cm³/mol. The van der Waals surface area contributed by atoms with Crippen molar-refractivity contribution in [2.45, 2.75) is 52.5 Å². The zero-order valence-corrected chi connectivity index (χ0v) is 12.5. The minimum Gasteiger partial charge on any atom is -0.349 e. The van der Waals surface area contributed by atoms with Gasteiger partial charge in [0, 0.05) is 17.9 Å². The number of hydrogen-bond donors (Lipinski definition) is 3. The molecular weight excluding hydrogens is 252 g/mol. The van der Waals surface area contributed by atoms with Gasteiger partial charge in [0.2, 0.25) is 0 Å². The molecule has 1 fully saturated rings. The van der Waals surface area contributed by atoms with Crippen molar-refractivity contribution in [3.63, 3.8) is 0 Å². The molecule has 1 heterocycles. The Hall–Kier alpha value is -1.62. The van der Waals surface area contributed by atoms with E-state index < -0.39 is 0 Å². The number of nitrogens with two attached hydrogens (primary N) is 1. The molecule has 0 saturated heterocycles. The van der Waals surface area contributed by atoms with E-state index in [1.165, 1.54) is 6.42 Å². The quantitative estimate of drug-likeness (QED) is 0.585. The van der Waals surface area contributed by atoms with E-state index in [0.717, 1.165) is 25.0 Å². The van der Waals surface area contributed by atoms with E-state index >= 15 is 0 Å². The van der Waals surface area contributed by atoms with Gasteiger partial charge in [-0.3, -0.25) is 15.6 Å². The molecule has 1 aliphatic rings. The first-order valence-electron chi connectivity index (χ1n) is 7.15. The number of anilines is 1. The lowest BCUT2D eigenvalue weighted by atomic mass is 9.75. The molecule has 4 N–H and O–H groups in total. The summed E-state index contributed by atoms with van der Waals surface area (Å²) in [6, 6.07) is 2.01. The van der Waals surface area contributed by atoms with Gasteiger partial charge in [-0.2, -0.15) is 0 Å². The number of carbonyl (C=O) groups excluding carboxylic acids is 1. The Morgan fingerprint density at radius 2 is 2.25 bits per heavy atom. The molecule has 110 valence electrons. The molecule has 1 saturated carbocycles. The highest BCUT2D eigenvalue weighted by molar-refractivity contribution is 5.99. The maximum Gasteiger partial charge on any atom is 0.255 e. The van der Waals surface area contributed by atoms with Gasteiger partial charge in [0.1, 0.15) is 0 Å². The third kappa shape index (κ3) is 3.48.